The van der Waals surface area contributed by atoms with Crippen LogP contribution in [0.3, 0.4) is 0 Å². The summed E-state index contributed by atoms with van der Waals surface area (Å²) in [6.45, 7) is 0.0372. The normalized spacial score (nSPS) is 11.2. The first-order valence-electron chi connectivity index (χ1n) is 9.04. The molecule has 3 aromatic rings. The van der Waals surface area contributed by atoms with Crippen LogP contribution in [0, 0.1) is 0 Å². The van der Waals surface area contributed by atoms with Crippen LogP contribution in [0.4, 0.5) is 5.69 Å². The topological polar surface area (TPSA) is 105 Å². The lowest BCUT2D eigenvalue weighted by Crippen LogP contribution is -2.23. The van der Waals surface area contributed by atoms with Gasteiger partial charge in [-0.1, -0.05) is 11.6 Å². The molecule has 0 bridgehead atoms. The molecule has 0 fully saturated rings. The van der Waals surface area contributed by atoms with Crippen LogP contribution < -0.4 is 10.0 Å². The van der Waals surface area contributed by atoms with Crippen molar-refractivity contribution in [2.45, 2.75) is 24.3 Å². The van der Waals surface area contributed by atoms with Crippen molar-refractivity contribution in [3.05, 3.63) is 83.3 Å². The summed E-state index contributed by atoms with van der Waals surface area (Å²) >= 11 is 5.79. The van der Waals surface area contributed by atoms with Crippen molar-refractivity contribution >= 4 is 39.0 Å². The molecule has 1 heterocycles. The summed E-state index contributed by atoms with van der Waals surface area (Å²) in [5, 5.41) is 3.18. The molecule has 0 saturated heterocycles. The van der Waals surface area contributed by atoms with E-state index in [9.17, 15) is 18.0 Å². The molecule has 0 aliphatic rings. The SMILES string of the molecule is O=C(CCC(=O)c1ccc(Cl)cc1)Nc1ccc(S(=O)(=O)NCc2ccco2)cc1. The minimum atomic E-state index is -3.71. The van der Waals surface area contributed by atoms with Crippen molar-refractivity contribution < 1.29 is 22.4 Å². The third-order valence-electron chi connectivity index (χ3n) is 4.21. The Balaban J connectivity index is 1.51. The van der Waals surface area contributed by atoms with E-state index in [-0.39, 0.29) is 36.0 Å². The van der Waals surface area contributed by atoms with E-state index in [0.29, 0.717) is 22.0 Å². The Morgan fingerprint density at radius 3 is 2.27 bits per heavy atom. The maximum Gasteiger partial charge on any atom is 0.240 e. The van der Waals surface area contributed by atoms with Gasteiger partial charge in [-0.05, 0) is 60.7 Å². The molecule has 156 valence electrons. The maximum absolute atomic E-state index is 12.3. The molecule has 3 rings (SSSR count). The first kappa shape index (κ1) is 21.8. The zero-order valence-corrected chi connectivity index (χ0v) is 17.4. The lowest BCUT2D eigenvalue weighted by Gasteiger charge is -2.08. The van der Waals surface area contributed by atoms with E-state index in [1.165, 1.54) is 30.5 Å². The van der Waals surface area contributed by atoms with E-state index in [2.05, 4.69) is 10.0 Å². The highest BCUT2D eigenvalue weighted by Gasteiger charge is 2.15. The van der Waals surface area contributed by atoms with E-state index in [0.717, 1.165) is 0 Å². The molecule has 1 aromatic heterocycles. The van der Waals surface area contributed by atoms with Gasteiger partial charge in [-0.3, -0.25) is 9.59 Å². The van der Waals surface area contributed by atoms with Crippen molar-refractivity contribution in [1.29, 1.82) is 0 Å². The highest BCUT2D eigenvalue weighted by molar-refractivity contribution is 7.89. The lowest BCUT2D eigenvalue weighted by atomic mass is 10.1. The minimum Gasteiger partial charge on any atom is -0.468 e. The monoisotopic (exact) mass is 446 g/mol. The average molecular weight is 447 g/mol. The summed E-state index contributed by atoms with van der Waals surface area (Å²) in [6, 6.07) is 15.5. The number of Topliss-reactive ketones (excluding diaryl/α,β-unsaturated/α-hetero) is 1. The van der Waals surface area contributed by atoms with Crippen molar-refractivity contribution in [3.63, 3.8) is 0 Å². The lowest BCUT2D eigenvalue weighted by molar-refractivity contribution is -0.116. The number of halogens is 1. The number of benzene rings is 2. The van der Waals surface area contributed by atoms with E-state index in [1.54, 1.807) is 36.4 Å². The number of furan rings is 1. The molecule has 0 aliphatic carbocycles. The Bertz CT molecular complexity index is 1110. The van der Waals surface area contributed by atoms with E-state index < -0.39 is 10.0 Å². The van der Waals surface area contributed by atoms with Crippen molar-refractivity contribution in [1.82, 2.24) is 4.72 Å². The Hall–Kier alpha value is -2.94. The Morgan fingerprint density at radius 1 is 0.933 bits per heavy atom. The summed E-state index contributed by atoms with van der Waals surface area (Å²) in [4.78, 5) is 24.3. The second-order valence-electron chi connectivity index (χ2n) is 6.41. The summed E-state index contributed by atoms with van der Waals surface area (Å²) < 4.78 is 32.1. The fourth-order valence-corrected chi connectivity index (χ4v) is 3.73. The first-order valence-corrected chi connectivity index (χ1v) is 10.9. The van der Waals surface area contributed by atoms with Crippen molar-refractivity contribution in [2.75, 3.05) is 5.32 Å². The number of carbonyl (C=O) groups excluding carboxylic acids is 2. The predicted molar refractivity (Wildman–Crippen MR) is 113 cm³/mol. The molecule has 0 saturated carbocycles. The van der Waals surface area contributed by atoms with Gasteiger partial charge in [0.1, 0.15) is 5.76 Å². The number of nitrogens with one attached hydrogen (secondary N) is 2. The van der Waals surface area contributed by atoms with Gasteiger partial charge in [-0.2, -0.15) is 0 Å². The maximum atomic E-state index is 12.3. The Labute approximate surface area is 179 Å². The van der Waals surface area contributed by atoms with Gasteiger partial charge in [0, 0.05) is 29.1 Å². The van der Waals surface area contributed by atoms with Crippen molar-refractivity contribution in [2.24, 2.45) is 0 Å². The third kappa shape index (κ3) is 6.03. The van der Waals surface area contributed by atoms with Gasteiger partial charge in [-0.15, -0.1) is 0 Å². The number of ketones is 1. The first-order chi connectivity index (χ1) is 14.3. The molecule has 1 amide bonds. The molecule has 0 radical (unpaired) electrons. The highest BCUT2D eigenvalue weighted by Crippen LogP contribution is 2.16. The number of anilines is 1. The summed E-state index contributed by atoms with van der Waals surface area (Å²) in [6.07, 6.45) is 1.52. The van der Waals surface area contributed by atoms with E-state index in [4.69, 9.17) is 16.0 Å². The van der Waals surface area contributed by atoms with Gasteiger partial charge in [0.2, 0.25) is 15.9 Å². The quantitative estimate of drug-likeness (QED) is 0.483. The molecule has 0 unspecified atom stereocenters. The number of sulfonamides is 1. The van der Waals surface area contributed by atoms with Crippen LogP contribution in [-0.2, 0) is 21.4 Å². The number of hydrogen-bond donors (Lipinski definition) is 2. The highest BCUT2D eigenvalue weighted by atomic mass is 35.5. The number of rotatable bonds is 9. The van der Waals surface area contributed by atoms with Crippen LogP contribution in [0.5, 0.6) is 0 Å². The molecule has 2 aromatic carbocycles. The van der Waals surface area contributed by atoms with Crippen LogP contribution in [0.25, 0.3) is 0 Å². The molecule has 9 heteroatoms. The zero-order valence-electron chi connectivity index (χ0n) is 15.8. The molecule has 2 N–H and O–H groups in total. The van der Waals surface area contributed by atoms with Crippen LogP contribution >= 0.6 is 11.6 Å². The standard InChI is InChI=1S/C21H19ClN2O5S/c22-16-5-3-15(4-6-16)20(25)11-12-21(26)24-17-7-9-19(10-8-17)30(27,28)23-14-18-2-1-13-29-18/h1-10,13,23H,11-12,14H2,(H,24,26). The second kappa shape index (κ2) is 9.71. The van der Waals surface area contributed by atoms with Crippen LogP contribution in [0.1, 0.15) is 29.0 Å². The molecule has 0 spiro atoms. The molecular formula is C21H19ClN2O5S. The zero-order chi connectivity index (χ0) is 21.6. The largest absolute Gasteiger partial charge is 0.468 e. The van der Waals surface area contributed by atoms with Gasteiger partial charge in [0.05, 0.1) is 17.7 Å². The minimum absolute atomic E-state index is 0.00616. The molecule has 0 aliphatic heterocycles. The van der Waals surface area contributed by atoms with Crippen LogP contribution in [0.15, 0.2) is 76.2 Å². The molecule has 0 atom stereocenters. The molecule has 30 heavy (non-hydrogen) atoms. The summed E-state index contributed by atoms with van der Waals surface area (Å²) in [7, 11) is -3.71. The number of hydrogen-bond acceptors (Lipinski definition) is 5. The van der Waals surface area contributed by atoms with Gasteiger partial charge in [0.15, 0.2) is 5.78 Å². The smallest absolute Gasteiger partial charge is 0.240 e. The van der Waals surface area contributed by atoms with Gasteiger partial charge < -0.3 is 9.73 Å². The Kier molecular flexibility index (Phi) is 7.04. The van der Waals surface area contributed by atoms with Gasteiger partial charge >= 0.3 is 0 Å². The number of carbonyl (C=O) groups is 2. The number of amides is 1. The predicted octanol–water partition coefficient (Wildman–Crippen LogP) is 4.01. The van der Waals surface area contributed by atoms with E-state index >= 15 is 0 Å². The fraction of sp³-hybridized carbons (Fsp3) is 0.143. The summed E-state index contributed by atoms with van der Waals surface area (Å²) in [5.41, 5.74) is 0.924. The second-order valence-corrected chi connectivity index (χ2v) is 8.61. The third-order valence-corrected chi connectivity index (χ3v) is 5.88. The molecular weight excluding hydrogens is 428 g/mol. The van der Waals surface area contributed by atoms with Crippen LogP contribution in [0.2, 0.25) is 5.02 Å². The average Bonchev–Trinajstić information content (AvgIpc) is 3.25. The van der Waals surface area contributed by atoms with Crippen molar-refractivity contribution in [3.8, 4) is 0 Å². The summed E-state index contributed by atoms with van der Waals surface area (Å²) in [5.74, 6) is -0.00893. The van der Waals surface area contributed by atoms with Gasteiger partial charge in [0.25, 0.3) is 0 Å². The van der Waals surface area contributed by atoms with Crippen LogP contribution in [-0.4, -0.2) is 20.1 Å². The Morgan fingerprint density at radius 2 is 1.63 bits per heavy atom. The fourth-order valence-electron chi connectivity index (χ4n) is 2.61. The van der Waals surface area contributed by atoms with E-state index in [1.807, 2.05) is 0 Å². The van der Waals surface area contributed by atoms with Gasteiger partial charge in [-0.25, -0.2) is 13.1 Å². The molecule has 7 nitrogen and oxygen atoms in total.